The maximum atomic E-state index is 12.2. The Labute approximate surface area is 148 Å². The molecule has 0 radical (unpaired) electrons. The minimum atomic E-state index is -0.422. The number of hydrogen-bond acceptors (Lipinski definition) is 8. The molecule has 2 aromatic heterocycles. The highest BCUT2D eigenvalue weighted by Crippen LogP contribution is 2.28. The van der Waals surface area contributed by atoms with Gasteiger partial charge in [-0.25, -0.2) is 4.98 Å². The van der Waals surface area contributed by atoms with Gasteiger partial charge in [0, 0.05) is 0 Å². The summed E-state index contributed by atoms with van der Waals surface area (Å²) in [5.74, 6) is 1.41. The molecule has 26 heavy (non-hydrogen) atoms. The van der Waals surface area contributed by atoms with E-state index in [1.807, 2.05) is 19.1 Å². The Hall–Kier alpha value is -3.43. The van der Waals surface area contributed by atoms with E-state index in [4.69, 9.17) is 13.9 Å². The molecule has 0 spiro atoms. The molecule has 3 aromatic rings. The van der Waals surface area contributed by atoms with Crippen molar-refractivity contribution in [3.05, 3.63) is 47.4 Å². The highest BCUT2D eigenvalue weighted by Gasteiger charge is 2.18. The van der Waals surface area contributed by atoms with Crippen molar-refractivity contribution in [1.29, 1.82) is 0 Å². The SMILES string of the molecule is COc1cc(C)ccc1OCc1nc(C(=O)N[C@@H](C)c2nn[nH]n2)co1. The Morgan fingerprint density at radius 1 is 1.38 bits per heavy atom. The van der Waals surface area contributed by atoms with Crippen LogP contribution in [0.25, 0.3) is 0 Å². The van der Waals surface area contributed by atoms with Gasteiger partial charge in [0.15, 0.2) is 29.6 Å². The number of H-pyrrole nitrogens is 1. The van der Waals surface area contributed by atoms with Gasteiger partial charge in [-0.3, -0.25) is 4.79 Å². The molecule has 0 aliphatic rings. The molecule has 1 atom stereocenters. The Kier molecular flexibility index (Phi) is 5.11. The van der Waals surface area contributed by atoms with Crippen LogP contribution in [0, 0.1) is 6.92 Å². The van der Waals surface area contributed by atoms with E-state index >= 15 is 0 Å². The number of nitrogens with zero attached hydrogens (tertiary/aromatic N) is 4. The van der Waals surface area contributed by atoms with Crippen molar-refractivity contribution < 1.29 is 18.7 Å². The first-order valence-electron chi connectivity index (χ1n) is 7.83. The quantitative estimate of drug-likeness (QED) is 0.651. The monoisotopic (exact) mass is 358 g/mol. The van der Waals surface area contributed by atoms with Gasteiger partial charge in [0.1, 0.15) is 6.26 Å². The third-order valence-electron chi connectivity index (χ3n) is 3.55. The van der Waals surface area contributed by atoms with Crippen molar-refractivity contribution in [3.63, 3.8) is 0 Å². The average molecular weight is 358 g/mol. The van der Waals surface area contributed by atoms with E-state index in [1.54, 1.807) is 20.1 Å². The smallest absolute Gasteiger partial charge is 0.273 e. The number of methoxy groups -OCH3 is 1. The van der Waals surface area contributed by atoms with Crippen LogP contribution in [0.4, 0.5) is 0 Å². The number of carbonyl (C=O) groups excluding carboxylic acids is 1. The molecule has 1 amide bonds. The predicted octanol–water partition coefficient (Wildman–Crippen LogP) is 1.57. The molecule has 0 aliphatic carbocycles. The number of nitrogens with one attached hydrogen (secondary N) is 2. The molecule has 1 aromatic carbocycles. The summed E-state index contributed by atoms with van der Waals surface area (Å²) >= 11 is 0. The van der Waals surface area contributed by atoms with E-state index in [9.17, 15) is 4.79 Å². The highest BCUT2D eigenvalue weighted by molar-refractivity contribution is 5.92. The number of amides is 1. The second-order valence-corrected chi connectivity index (χ2v) is 5.53. The Morgan fingerprint density at radius 3 is 2.96 bits per heavy atom. The molecular weight excluding hydrogens is 340 g/mol. The molecule has 3 rings (SSSR count). The first-order valence-corrected chi connectivity index (χ1v) is 7.83. The van der Waals surface area contributed by atoms with Gasteiger partial charge in [0.25, 0.3) is 5.91 Å². The molecular formula is C16H18N6O4. The predicted molar refractivity (Wildman–Crippen MR) is 88.6 cm³/mol. The van der Waals surface area contributed by atoms with Gasteiger partial charge in [0.05, 0.1) is 13.2 Å². The summed E-state index contributed by atoms with van der Waals surface area (Å²) < 4.78 is 16.2. The molecule has 0 bridgehead atoms. The zero-order valence-corrected chi connectivity index (χ0v) is 14.5. The second kappa shape index (κ2) is 7.64. The van der Waals surface area contributed by atoms with Crippen LogP contribution in [0.1, 0.15) is 40.7 Å². The van der Waals surface area contributed by atoms with Crippen molar-refractivity contribution in [1.82, 2.24) is 30.9 Å². The first kappa shape index (κ1) is 17.4. The van der Waals surface area contributed by atoms with Crippen molar-refractivity contribution in [2.75, 3.05) is 7.11 Å². The number of rotatable bonds is 7. The normalized spacial score (nSPS) is 11.8. The number of aromatic amines is 1. The van der Waals surface area contributed by atoms with E-state index in [0.717, 1.165) is 5.56 Å². The first-order chi connectivity index (χ1) is 12.6. The zero-order chi connectivity index (χ0) is 18.5. The minimum Gasteiger partial charge on any atom is -0.493 e. The Balaban J connectivity index is 1.60. The third-order valence-corrected chi connectivity index (χ3v) is 3.55. The van der Waals surface area contributed by atoms with Crippen LogP contribution in [0.5, 0.6) is 11.5 Å². The fourth-order valence-electron chi connectivity index (χ4n) is 2.20. The molecule has 10 heteroatoms. The fourth-order valence-corrected chi connectivity index (χ4v) is 2.20. The number of ether oxygens (including phenoxy) is 2. The summed E-state index contributed by atoms with van der Waals surface area (Å²) in [4.78, 5) is 16.3. The van der Waals surface area contributed by atoms with E-state index < -0.39 is 11.9 Å². The van der Waals surface area contributed by atoms with E-state index in [1.165, 1.54) is 6.26 Å². The van der Waals surface area contributed by atoms with Crippen LogP contribution in [0.15, 0.2) is 28.9 Å². The molecule has 136 valence electrons. The van der Waals surface area contributed by atoms with Crippen LogP contribution in [0.2, 0.25) is 0 Å². The average Bonchev–Trinajstić information content (AvgIpc) is 3.32. The van der Waals surface area contributed by atoms with Crippen LogP contribution < -0.4 is 14.8 Å². The van der Waals surface area contributed by atoms with E-state index in [2.05, 4.69) is 30.9 Å². The topological polar surface area (TPSA) is 128 Å². The summed E-state index contributed by atoms with van der Waals surface area (Å²) in [6.45, 7) is 3.75. The van der Waals surface area contributed by atoms with Gasteiger partial charge in [-0.1, -0.05) is 11.3 Å². The lowest BCUT2D eigenvalue weighted by molar-refractivity contribution is 0.0933. The summed E-state index contributed by atoms with van der Waals surface area (Å²) in [5, 5.41) is 16.1. The Bertz CT molecular complexity index is 877. The van der Waals surface area contributed by atoms with Crippen LogP contribution in [-0.4, -0.2) is 38.6 Å². The van der Waals surface area contributed by atoms with Gasteiger partial charge >= 0.3 is 0 Å². The van der Waals surface area contributed by atoms with Gasteiger partial charge in [-0.15, -0.1) is 10.2 Å². The van der Waals surface area contributed by atoms with Crippen molar-refractivity contribution in [3.8, 4) is 11.5 Å². The van der Waals surface area contributed by atoms with Gasteiger partial charge in [0.2, 0.25) is 5.89 Å². The van der Waals surface area contributed by atoms with Crippen molar-refractivity contribution >= 4 is 5.91 Å². The summed E-state index contributed by atoms with van der Waals surface area (Å²) in [6, 6.07) is 5.15. The lowest BCUT2D eigenvalue weighted by Crippen LogP contribution is -2.27. The molecule has 10 nitrogen and oxygen atoms in total. The highest BCUT2D eigenvalue weighted by atomic mass is 16.5. The Morgan fingerprint density at radius 2 is 2.23 bits per heavy atom. The van der Waals surface area contributed by atoms with Gasteiger partial charge in [-0.2, -0.15) is 5.21 Å². The number of aryl methyl sites for hydroxylation is 1. The lowest BCUT2D eigenvalue weighted by Gasteiger charge is -2.09. The summed E-state index contributed by atoms with van der Waals surface area (Å²) in [7, 11) is 1.57. The number of oxazole rings is 1. The van der Waals surface area contributed by atoms with Crippen LogP contribution in [0.3, 0.4) is 0 Å². The minimum absolute atomic E-state index is 0.0626. The number of hydrogen-bond donors (Lipinski definition) is 2. The summed E-state index contributed by atoms with van der Waals surface area (Å²) in [5.41, 5.74) is 1.19. The molecule has 2 heterocycles. The molecule has 0 saturated heterocycles. The second-order valence-electron chi connectivity index (χ2n) is 5.53. The summed E-state index contributed by atoms with van der Waals surface area (Å²) in [6.07, 6.45) is 1.27. The van der Waals surface area contributed by atoms with Crippen LogP contribution in [-0.2, 0) is 6.61 Å². The number of tetrazole rings is 1. The molecule has 2 N–H and O–H groups in total. The third kappa shape index (κ3) is 3.97. The number of aromatic nitrogens is 5. The number of benzene rings is 1. The standard InChI is InChI=1S/C16H18N6O4/c1-9-4-5-12(13(6-9)24-3)25-8-14-18-11(7-26-14)16(23)17-10(2)15-19-21-22-20-15/h4-7,10H,8H2,1-3H3,(H,17,23)(H,19,20,21,22)/t10-/m0/s1. The lowest BCUT2D eigenvalue weighted by atomic mass is 10.2. The van der Waals surface area contributed by atoms with E-state index in [0.29, 0.717) is 17.3 Å². The maximum Gasteiger partial charge on any atom is 0.273 e. The fraction of sp³-hybridized carbons (Fsp3) is 0.312. The molecule has 0 aliphatic heterocycles. The molecule has 0 fully saturated rings. The number of carbonyl (C=O) groups is 1. The maximum absolute atomic E-state index is 12.2. The largest absolute Gasteiger partial charge is 0.493 e. The van der Waals surface area contributed by atoms with Gasteiger partial charge in [-0.05, 0) is 31.5 Å². The van der Waals surface area contributed by atoms with Crippen LogP contribution >= 0.6 is 0 Å². The van der Waals surface area contributed by atoms with Gasteiger partial charge < -0.3 is 19.2 Å². The molecule has 0 unspecified atom stereocenters. The zero-order valence-electron chi connectivity index (χ0n) is 14.5. The van der Waals surface area contributed by atoms with Crippen molar-refractivity contribution in [2.24, 2.45) is 0 Å². The molecule has 0 saturated carbocycles. The van der Waals surface area contributed by atoms with E-state index in [-0.39, 0.29) is 18.2 Å². The van der Waals surface area contributed by atoms with Crippen molar-refractivity contribution in [2.45, 2.75) is 26.5 Å².